The molecular formula is C21H25N5O. The molecule has 6 nitrogen and oxygen atoms in total. The van der Waals surface area contributed by atoms with Crippen molar-refractivity contribution >= 4 is 16.8 Å². The zero-order valence-corrected chi connectivity index (χ0v) is 15.4. The molecule has 0 bridgehead atoms. The van der Waals surface area contributed by atoms with E-state index in [0.29, 0.717) is 18.9 Å². The number of hydrogen-bond donors (Lipinski definition) is 2. The molecule has 1 amide bonds. The maximum absolute atomic E-state index is 12.1. The first-order chi connectivity index (χ1) is 13.3. The van der Waals surface area contributed by atoms with Crippen LogP contribution in [-0.4, -0.2) is 38.4 Å². The maximum Gasteiger partial charge on any atom is 0.220 e. The Hall–Kier alpha value is -2.60. The van der Waals surface area contributed by atoms with Crippen LogP contribution in [0.3, 0.4) is 0 Å². The maximum atomic E-state index is 12.1. The summed E-state index contributed by atoms with van der Waals surface area (Å²) < 4.78 is 2.23. The molecular weight excluding hydrogens is 338 g/mol. The highest BCUT2D eigenvalue weighted by Gasteiger charge is 2.27. The van der Waals surface area contributed by atoms with E-state index in [4.69, 9.17) is 0 Å². The van der Waals surface area contributed by atoms with Gasteiger partial charge in [0, 0.05) is 55.9 Å². The van der Waals surface area contributed by atoms with Crippen molar-refractivity contribution in [3.8, 4) is 0 Å². The quantitative estimate of drug-likeness (QED) is 0.708. The molecule has 3 aromatic rings. The normalized spacial score (nSPS) is 19.9. The summed E-state index contributed by atoms with van der Waals surface area (Å²) in [6, 6.07) is 8.80. The lowest BCUT2D eigenvalue weighted by molar-refractivity contribution is -0.121. The van der Waals surface area contributed by atoms with Gasteiger partial charge in [-0.3, -0.25) is 9.69 Å². The summed E-state index contributed by atoms with van der Waals surface area (Å²) in [4.78, 5) is 22.2. The molecule has 2 aromatic heterocycles. The molecule has 2 aliphatic rings. The SMILES string of the molecule is O=C(CC1CC1)NC[C@@H]1CN(Cc2cccc3[nH]ccc23)Cc2cncn21. The third kappa shape index (κ3) is 3.49. The Morgan fingerprint density at radius 3 is 3.11 bits per heavy atom. The average Bonchev–Trinajstić information content (AvgIpc) is 3.15. The summed E-state index contributed by atoms with van der Waals surface area (Å²) in [6.45, 7) is 3.36. The molecule has 3 heterocycles. The number of aromatic amines is 1. The summed E-state index contributed by atoms with van der Waals surface area (Å²) in [7, 11) is 0. The highest BCUT2D eigenvalue weighted by atomic mass is 16.1. The van der Waals surface area contributed by atoms with E-state index >= 15 is 0 Å². The molecule has 5 rings (SSSR count). The largest absolute Gasteiger partial charge is 0.361 e. The van der Waals surface area contributed by atoms with Gasteiger partial charge in [-0.2, -0.15) is 0 Å². The standard InChI is InChI=1S/C21H25N5O/c27-21(8-15-4-5-15)24-10-18-13-25(12-17-9-22-14-26(17)18)11-16-2-1-3-20-19(16)6-7-23-20/h1-3,6-7,9,14-15,18,23H,4-5,8,10-13H2,(H,24,27)/t18-/m1/s1. The fourth-order valence-corrected chi connectivity index (χ4v) is 4.16. The lowest BCUT2D eigenvalue weighted by Gasteiger charge is -2.34. The predicted molar refractivity (Wildman–Crippen MR) is 104 cm³/mol. The van der Waals surface area contributed by atoms with E-state index in [0.717, 1.165) is 19.6 Å². The van der Waals surface area contributed by atoms with E-state index < -0.39 is 0 Å². The van der Waals surface area contributed by atoms with Crippen LogP contribution in [0.25, 0.3) is 10.9 Å². The average molecular weight is 363 g/mol. The van der Waals surface area contributed by atoms with E-state index in [9.17, 15) is 4.79 Å². The Bertz CT molecular complexity index is 954. The number of carbonyl (C=O) groups excluding carboxylic acids is 1. The minimum Gasteiger partial charge on any atom is -0.361 e. The fraction of sp³-hybridized carbons (Fsp3) is 0.429. The van der Waals surface area contributed by atoms with Gasteiger partial charge in [0.25, 0.3) is 0 Å². The van der Waals surface area contributed by atoms with Crippen molar-refractivity contribution in [2.24, 2.45) is 5.92 Å². The van der Waals surface area contributed by atoms with Crippen molar-refractivity contribution in [1.29, 1.82) is 0 Å². The molecule has 0 radical (unpaired) electrons. The fourth-order valence-electron chi connectivity index (χ4n) is 4.16. The molecule has 27 heavy (non-hydrogen) atoms. The predicted octanol–water partition coefficient (Wildman–Crippen LogP) is 2.84. The number of nitrogens with zero attached hydrogens (tertiary/aromatic N) is 3. The monoisotopic (exact) mass is 363 g/mol. The van der Waals surface area contributed by atoms with Crippen LogP contribution in [0, 0.1) is 5.92 Å². The van der Waals surface area contributed by atoms with Crippen LogP contribution in [-0.2, 0) is 17.9 Å². The summed E-state index contributed by atoms with van der Waals surface area (Å²) in [6.07, 6.45) is 8.95. The Morgan fingerprint density at radius 1 is 1.30 bits per heavy atom. The summed E-state index contributed by atoms with van der Waals surface area (Å²) in [5, 5.41) is 4.43. The van der Waals surface area contributed by atoms with Gasteiger partial charge in [-0.1, -0.05) is 12.1 Å². The second-order valence-corrected chi connectivity index (χ2v) is 7.92. The van der Waals surface area contributed by atoms with Gasteiger partial charge in [0.2, 0.25) is 5.91 Å². The van der Waals surface area contributed by atoms with Crippen molar-refractivity contribution in [2.45, 2.75) is 38.4 Å². The van der Waals surface area contributed by atoms with E-state index in [1.54, 1.807) is 0 Å². The molecule has 1 aliphatic heterocycles. The zero-order valence-electron chi connectivity index (χ0n) is 15.4. The van der Waals surface area contributed by atoms with E-state index in [1.807, 2.05) is 18.7 Å². The van der Waals surface area contributed by atoms with Crippen molar-refractivity contribution in [1.82, 2.24) is 24.8 Å². The van der Waals surface area contributed by atoms with Crippen molar-refractivity contribution in [3.05, 3.63) is 54.2 Å². The van der Waals surface area contributed by atoms with E-state index in [2.05, 4.69) is 49.0 Å². The van der Waals surface area contributed by atoms with Gasteiger partial charge in [0.05, 0.1) is 18.1 Å². The number of carbonyl (C=O) groups is 1. The van der Waals surface area contributed by atoms with Crippen LogP contribution in [0.15, 0.2) is 43.0 Å². The number of fused-ring (bicyclic) bond motifs is 2. The van der Waals surface area contributed by atoms with Crippen LogP contribution in [0.5, 0.6) is 0 Å². The molecule has 1 aliphatic carbocycles. The molecule has 2 N–H and O–H groups in total. The molecule has 1 saturated carbocycles. The second kappa shape index (κ2) is 6.85. The Balaban J connectivity index is 1.30. The van der Waals surface area contributed by atoms with Crippen LogP contribution in [0.1, 0.15) is 36.6 Å². The number of rotatable bonds is 6. The molecule has 0 unspecified atom stereocenters. The van der Waals surface area contributed by atoms with Gasteiger partial charge >= 0.3 is 0 Å². The number of hydrogen-bond acceptors (Lipinski definition) is 3. The Morgan fingerprint density at radius 2 is 2.22 bits per heavy atom. The minimum absolute atomic E-state index is 0.188. The van der Waals surface area contributed by atoms with Crippen LogP contribution in [0.4, 0.5) is 0 Å². The molecule has 1 fully saturated rings. The van der Waals surface area contributed by atoms with Crippen molar-refractivity contribution in [3.63, 3.8) is 0 Å². The first-order valence-corrected chi connectivity index (χ1v) is 9.81. The number of amides is 1. The highest BCUT2D eigenvalue weighted by molar-refractivity contribution is 5.82. The third-order valence-electron chi connectivity index (χ3n) is 5.78. The van der Waals surface area contributed by atoms with Gasteiger partial charge in [0.15, 0.2) is 0 Å². The first-order valence-electron chi connectivity index (χ1n) is 9.81. The number of aromatic nitrogens is 3. The Labute approximate surface area is 158 Å². The van der Waals surface area contributed by atoms with E-state index in [1.165, 1.54) is 35.0 Å². The van der Waals surface area contributed by atoms with Crippen molar-refractivity contribution < 1.29 is 4.79 Å². The van der Waals surface area contributed by atoms with Crippen LogP contribution < -0.4 is 5.32 Å². The number of H-pyrrole nitrogens is 1. The van der Waals surface area contributed by atoms with Crippen LogP contribution >= 0.6 is 0 Å². The van der Waals surface area contributed by atoms with Gasteiger partial charge in [-0.15, -0.1) is 0 Å². The van der Waals surface area contributed by atoms with Gasteiger partial charge in [-0.05, 0) is 36.5 Å². The lowest BCUT2D eigenvalue weighted by atomic mass is 10.1. The number of nitrogens with one attached hydrogen (secondary N) is 2. The smallest absolute Gasteiger partial charge is 0.220 e. The van der Waals surface area contributed by atoms with E-state index in [-0.39, 0.29) is 11.9 Å². The first kappa shape index (κ1) is 16.6. The molecule has 1 aromatic carbocycles. The molecule has 1 atom stereocenters. The van der Waals surface area contributed by atoms with Gasteiger partial charge in [-0.25, -0.2) is 4.98 Å². The molecule has 6 heteroatoms. The summed E-state index contributed by atoms with van der Waals surface area (Å²) in [5.74, 6) is 0.812. The Kier molecular flexibility index (Phi) is 4.20. The van der Waals surface area contributed by atoms with Crippen molar-refractivity contribution in [2.75, 3.05) is 13.1 Å². The van der Waals surface area contributed by atoms with Crippen LogP contribution in [0.2, 0.25) is 0 Å². The summed E-state index contributed by atoms with van der Waals surface area (Å²) in [5.41, 5.74) is 3.72. The molecule has 0 spiro atoms. The highest BCUT2D eigenvalue weighted by Crippen LogP contribution is 2.32. The molecule has 140 valence electrons. The zero-order chi connectivity index (χ0) is 18.2. The number of benzene rings is 1. The van der Waals surface area contributed by atoms with Gasteiger partial charge in [0.1, 0.15) is 0 Å². The number of imidazole rings is 1. The minimum atomic E-state index is 0.188. The lowest BCUT2D eigenvalue weighted by Crippen LogP contribution is -2.42. The summed E-state index contributed by atoms with van der Waals surface area (Å²) >= 11 is 0. The second-order valence-electron chi connectivity index (χ2n) is 7.92. The third-order valence-corrected chi connectivity index (χ3v) is 5.78. The topological polar surface area (TPSA) is 66.0 Å². The molecule has 0 saturated heterocycles. The van der Waals surface area contributed by atoms with Gasteiger partial charge < -0.3 is 14.9 Å².